The third-order valence-corrected chi connectivity index (χ3v) is 5.20. The summed E-state index contributed by atoms with van der Waals surface area (Å²) in [5.74, 6) is 0.872. The Morgan fingerprint density at radius 2 is 2.07 bits per heavy atom. The Bertz CT molecular complexity index is 855. The van der Waals surface area contributed by atoms with Gasteiger partial charge in [-0.15, -0.1) is 11.3 Å². The maximum atomic E-state index is 9.98. The van der Waals surface area contributed by atoms with E-state index >= 15 is 0 Å². The minimum Gasteiger partial charge on any atom is -0.489 e. The molecule has 0 aliphatic carbocycles. The summed E-state index contributed by atoms with van der Waals surface area (Å²) < 4.78 is 6.13. The number of nitrogens with zero attached hydrogens (tertiary/aromatic N) is 2. The van der Waals surface area contributed by atoms with E-state index in [2.05, 4.69) is 39.5 Å². The summed E-state index contributed by atoms with van der Waals surface area (Å²) in [7, 11) is 3.85. The molecule has 148 valence electrons. The van der Waals surface area contributed by atoms with E-state index in [1.54, 1.807) is 11.3 Å². The van der Waals surface area contributed by atoms with E-state index in [1.165, 1.54) is 0 Å². The van der Waals surface area contributed by atoms with Crippen LogP contribution in [0.5, 0.6) is 5.75 Å². The first kappa shape index (κ1) is 20.5. The standard InChI is InChI=1S/C22H27N3O2S/c1-23-13-20(26)15-25(2)14-19-7-3-4-9-21(19)27-16-17-6-5-8-18(12-17)22-24-10-11-28-22/h3-12,20,23,26H,13-16H2,1-2H3/t20-/m0/s1. The van der Waals surface area contributed by atoms with Crippen LogP contribution in [-0.2, 0) is 13.2 Å². The van der Waals surface area contributed by atoms with Crippen LogP contribution in [0.1, 0.15) is 11.1 Å². The van der Waals surface area contributed by atoms with Crippen LogP contribution in [-0.4, -0.2) is 48.3 Å². The molecule has 0 fully saturated rings. The van der Waals surface area contributed by atoms with Gasteiger partial charge in [-0.1, -0.05) is 36.4 Å². The normalized spacial score (nSPS) is 12.3. The molecule has 5 nitrogen and oxygen atoms in total. The van der Waals surface area contributed by atoms with Crippen LogP contribution in [0, 0.1) is 0 Å². The number of aliphatic hydroxyl groups is 1. The number of aliphatic hydroxyl groups excluding tert-OH is 1. The molecule has 0 radical (unpaired) electrons. The van der Waals surface area contributed by atoms with Crippen LogP contribution in [0.2, 0.25) is 0 Å². The fourth-order valence-corrected chi connectivity index (χ4v) is 3.75. The van der Waals surface area contributed by atoms with Crippen LogP contribution >= 0.6 is 11.3 Å². The average Bonchev–Trinajstić information content (AvgIpc) is 3.22. The van der Waals surface area contributed by atoms with Gasteiger partial charge >= 0.3 is 0 Å². The minimum absolute atomic E-state index is 0.392. The molecule has 0 aliphatic rings. The summed E-state index contributed by atoms with van der Waals surface area (Å²) in [6.45, 7) is 2.40. The molecule has 6 heteroatoms. The van der Waals surface area contributed by atoms with Gasteiger partial charge in [-0.2, -0.15) is 0 Å². The number of aromatic nitrogens is 1. The van der Waals surface area contributed by atoms with Crippen LogP contribution in [0.25, 0.3) is 10.6 Å². The van der Waals surface area contributed by atoms with Gasteiger partial charge in [0.2, 0.25) is 0 Å². The molecule has 0 unspecified atom stereocenters. The largest absolute Gasteiger partial charge is 0.489 e. The lowest BCUT2D eigenvalue weighted by Crippen LogP contribution is -2.35. The van der Waals surface area contributed by atoms with Crippen LogP contribution < -0.4 is 10.1 Å². The highest BCUT2D eigenvalue weighted by atomic mass is 32.1. The van der Waals surface area contributed by atoms with Crippen molar-refractivity contribution < 1.29 is 9.84 Å². The van der Waals surface area contributed by atoms with Crippen molar-refractivity contribution in [3.05, 3.63) is 71.2 Å². The number of hydrogen-bond donors (Lipinski definition) is 2. The van der Waals surface area contributed by atoms with Crippen molar-refractivity contribution in [1.29, 1.82) is 0 Å². The Morgan fingerprint density at radius 1 is 1.21 bits per heavy atom. The molecule has 0 amide bonds. The van der Waals surface area contributed by atoms with E-state index < -0.39 is 6.10 Å². The monoisotopic (exact) mass is 397 g/mol. The highest BCUT2D eigenvalue weighted by Gasteiger charge is 2.11. The average molecular weight is 398 g/mol. The molecule has 0 saturated heterocycles. The maximum Gasteiger partial charge on any atom is 0.124 e. The highest BCUT2D eigenvalue weighted by Crippen LogP contribution is 2.24. The highest BCUT2D eigenvalue weighted by molar-refractivity contribution is 7.13. The van der Waals surface area contributed by atoms with E-state index in [0.717, 1.165) is 34.0 Å². The van der Waals surface area contributed by atoms with Crippen molar-refractivity contribution in [3.63, 3.8) is 0 Å². The topological polar surface area (TPSA) is 57.6 Å². The van der Waals surface area contributed by atoms with Crippen molar-refractivity contribution in [2.24, 2.45) is 0 Å². The lowest BCUT2D eigenvalue weighted by Gasteiger charge is -2.22. The molecule has 1 heterocycles. The lowest BCUT2D eigenvalue weighted by molar-refractivity contribution is 0.122. The minimum atomic E-state index is -0.392. The van der Waals surface area contributed by atoms with Gasteiger partial charge in [0.05, 0.1) is 6.10 Å². The molecule has 1 atom stereocenters. The number of thiazole rings is 1. The Hall–Kier alpha value is -2.25. The number of nitrogens with one attached hydrogen (secondary N) is 1. The fraction of sp³-hybridized carbons (Fsp3) is 0.318. The van der Waals surface area contributed by atoms with Crippen molar-refractivity contribution >= 4 is 11.3 Å². The summed E-state index contributed by atoms with van der Waals surface area (Å²) in [5.41, 5.74) is 3.33. The first-order chi connectivity index (χ1) is 13.7. The smallest absolute Gasteiger partial charge is 0.124 e. The van der Waals surface area contributed by atoms with Gasteiger partial charge in [-0.05, 0) is 31.8 Å². The zero-order chi connectivity index (χ0) is 19.8. The predicted molar refractivity (Wildman–Crippen MR) is 115 cm³/mol. The van der Waals surface area contributed by atoms with Crippen LogP contribution in [0.4, 0.5) is 0 Å². The number of hydrogen-bond acceptors (Lipinski definition) is 6. The van der Waals surface area contributed by atoms with Crippen molar-refractivity contribution in [3.8, 4) is 16.3 Å². The molecule has 2 N–H and O–H groups in total. The lowest BCUT2D eigenvalue weighted by atomic mass is 10.1. The van der Waals surface area contributed by atoms with E-state index in [4.69, 9.17) is 4.74 Å². The second kappa shape index (κ2) is 10.3. The first-order valence-electron chi connectivity index (χ1n) is 9.36. The maximum absolute atomic E-state index is 9.98. The van der Waals surface area contributed by atoms with E-state index in [9.17, 15) is 5.11 Å². The second-order valence-corrected chi connectivity index (χ2v) is 7.74. The molecule has 28 heavy (non-hydrogen) atoms. The van der Waals surface area contributed by atoms with Gasteiger partial charge in [0.1, 0.15) is 17.4 Å². The van der Waals surface area contributed by atoms with Crippen molar-refractivity contribution in [2.45, 2.75) is 19.3 Å². The number of ether oxygens (including phenoxy) is 1. The van der Waals surface area contributed by atoms with Gasteiger partial charge in [0, 0.05) is 42.3 Å². The zero-order valence-corrected chi connectivity index (χ0v) is 17.2. The van der Waals surface area contributed by atoms with Crippen molar-refractivity contribution in [1.82, 2.24) is 15.2 Å². The first-order valence-corrected chi connectivity index (χ1v) is 10.2. The Morgan fingerprint density at radius 3 is 2.86 bits per heavy atom. The Kier molecular flexibility index (Phi) is 7.56. The van der Waals surface area contributed by atoms with Gasteiger partial charge in [0.15, 0.2) is 0 Å². The molecular formula is C22H27N3O2S. The third-order valence-electron chi connectivity index (χ3n) is 4.38. The zero-order valence-electron chi connectivity index (χ0n) is 16.3. The van der Waals surface area contributed by atoms with Gasteiger partial charge in [0.25, 0.3) is 0 Å². The Balaban J connectivity index is 1.63. The summed E-state index contributed by atoms with van der Waals surface area (Å²) >= 11 is 1.63. The van der Waals surface area contributed by atoms with Crippen LogP contribution in [0.3, 0.4) is 0 Å². The molecule has 0 bridgehead atoms. The third kappa shape index (κ3) is 5.87. The van der Waals surface area contributed by atoms with Gasteiger partial charge < -0.3 is 15.2 Å². The van der Waals surface area contributed by atoms with Crippen LogP contribution in [0.15, 0.2) is 60.1 Å². The SMILES string of the molecule is CNC[C@H](O)CN(C)Cc1ccccc1OCc1cccc(-c2nccs2)c1. The molecule has 3 aromatic rings. The number of rotatable bonds is 10. The number of para-hydroxylation sites is 1. The molecule has 0 saturated carbocycles. The van der Waals surface area contributed by atoms with Gasteiger partial charge in [-0.3, -0.25) is 4.90 Å². The predicted octanol–water partition coefficient (Wildman–Crippen LogP) is 3.40. The van der Waals surface area contributed by atoms with E-state index in [0.29, 0.717) is 19.7 Å². The summed E-state index contributed by atoms with van der Waals surface area (Å²) in [6, 6.07) is 16.4. The van der Waals surface area contributed by atoms with Gasteiger partial charge in [-0.25, -0.2) is 4.98 Å². The molecule has 2 aromatic carbocycles. The summed E-state index contributed by atoms with van der Waals surface area (Å²) in [6.07, 6.45) is 1.43. The Labute approximate surface area is 170 Å². The van der Waals surface area contributed by atoms with E-state index in [-0.39, 0.29) is 0 Å². The molecule has 0 spiro atoms. The summed E-state index contributed by atoms with van der Waals surface area (Å²) in [4.78, 5) is 6.48. The summed E-state index contributed by atoms with van der Waals surface area (Å²) in [5, 5.41) is 16.0. The molecule has 0 aliphatic heterocycles. The number of benzene rings is 2. The second-order valence-electron chi connectivity index (χ2n) is 6.84. The quantitative estimate of drug-likeness (QED) is 0.549. The molecular weight excluding hydrogens is 370 g/mol. The fourth-order valence-electron chi connectivity index (χ4n) is 3.11. The molecule has 1 aromatic heterocycles. The molecule has 3 rings (SSSR count). The van der Waals surface area contributed by atoms with Crippen molar-refractivity contribution in [2.75, 3.05) is 27.2 Å². The number of likely N-dealkylation sites (N-methyl/N-ethyl adjacent to an activating group) is 2. The van der Waals surface area contributed by atoms with E-state index in [1.807, 2.05) is 49.9 Å².